The first-order valence-electron chi connectivity index (χ1n) is 31.1. The molecule has 552 valence electrons. The minimum atomic E-state index is -1.10. The number of hydrogen-bond donors (Lipinski definition) is 8. The number of amides is 1. The molecule has 0 fully saturated rings. The number of fused-ring (bicyclic) bond motifs is 6. The van der Waals surface area contributed by atoms with Gasteiger partial charge in [0.05, 0.1) is 42.6 Å². The van der Waals surface area contributed by atoms with E-state index in [1.165, 1.54) is 14.0 Å². The summed E-state index contributed by atoms with van der Waals surface area (Å²) in [4.78, 5) is 98.3. The quantitative estimate of drug-likeness (QED) is 0.0586. The molecule has 0 spiro atoms. The van der Waals surface area contributed by atoms with Crippen LogP contribution in [0.25, 0.3) is 33.1 Å². The van der Waals surface area contributed by atoms with Crippen LogP contribution >= 0.6 is 91.6 Å². The van der Waals surface area contributed by atoms with Gasteiger partial charge in [0.1, 0.15) is 87.1 Å². The average molecular weight is 1740 g/mol. The Hall–Kier alpha value is -10.1. The summed E-state index contributed by atoms with van der Waals surface area (Å²) in [6, 6.07) is 0. The number of carboxylic acids is 1. The Morgan fingerprint density at radius 3 is 1.21 bits per heavy atom. The number of methoxy groups -OCH3 is 1. The molecule has 14 rings (SSSR count). The molecule has 0 bridgehead atoms. The summed E-state index contributed by atoms with van der Waals surface area (Å²) in [7, 11) is 1.31. The first-order chi connectivity index (χ1) is 49.4. The zero-order valence-corrected chi connectivity index (χ0v) is 67.1. The Kier molecular flexibility index (Phi) is 27.8. The molecule has 0 radical (unpaired) electrons. The number of esters is 1. The molecule has 0 saturated carbocycles. The number of carbonyl (C=O) groups excluding carboxylic acids is 2. The highest BCUT2D eigenvalue weighted by atomic mass is 127. The summed E-state index contributed by atoms with van der Waals surface area (Å²) in [5, 5.41) is 13.3. The van der Waals surface area contributed by atoms with Gasteiger partial charge in [0.25, 0.3) is 0 Å². The van der Waals surface area contributed by atoms with Crippen LogP contribution in [-0.2, 0) is 22.6 Å². The first-order valence-corrected chi connectivity index (χ1v) is 34.8. The smallest absolute Gasteiger partial charge is 0.359 e. The number of nitrogens with one attached hydrogen (secondary N) is 1. The van der Waals surface area contributed by atoms with E-state index in [9.17, 15) is 14.4 Å². The maximum Gasteiger partial charge on any atom is 0.359 e. The number of carboxylic acid groups (broad SMARTS) is 1. The minimum Gasteiger partial charge on any atom is -0.476 e. The molecule has 0 aromatic carbocycles. The normalized spacial score (nSPS) is 10.7. The molecule has 14 heterocycles. The molecule has 0 unspecified atom stereocenters. The fourth-order valence-corrected chi connectivity index (χ4v) is 13.1. The molecule has 14 N–H and O–H groups in total. The lowest BCUT2D eigenvalue weighted by molar-refractivity contribution is -0.119. The lowest BCUT2D eigenvalue weighted by Crippen LogP contribution is -2.20. The number of halogens is 6. The largest absolute Gasteiger partial charge is 0.476 e. The van der Waals surface area contributed by atoms with Crippen LogP contribution in [0.5, 0.6) is 0 Å². The molecule has 105 heavy (non-hydrogen) atoms. The van der Waals surface area contributed by atoms with Gasteiger partial charge < -0.3 is 49.6 Å². The van der Waals surface area contributed by atoms with Gasteiger partial charge in [0, 0.05) is 97.2 Å². The number of aryl methyl sites for hydroxylation is 14. The number of aromatic nitrogens is 22. The Balaban J connectivity index is 0.000000168. The predicted octanol–water partition coefficient (Wildman–Crippen LogP) is 9.96. The van der Waals surface area contributed by atoms with Gasteiger partial charge in [-0.15, -0.1) is 0 Å². The van der Waals surface area contributed by atoms with Crippen LogP contribution in [0.4, 0.5) is 29.1 Å². The number of anilines is 5. The van der Waals surface area contributed by atoms with Gasteiger partial charge in [-0.05, 0) is 142 Å². The molecule has 14 aromatic rings. The van der Waals surface area contributed by atoms with Crippen molar-refractivity contribution in [1.29, 1.82) is 0 Å². The van der Waals surface area contributed by atoms with Crippen molar-refractivity contribution in [3.05, 3.63) is 187 Å². The van der Waals surface area contributed by atoms with Crippen LogP contribution in [0, 0.1) is 104 Å². The third kappa shape index (κ3) is 19.1. The van der Waals surface area contributed by atoms with Crippen LogP contribution in [0.1, 0.15) is 120 Å². The summed E-state index contributed by atoms with van der Waals surface area (Å²) in [5.74, 6) is 5.06. The molecule has 40 heteroatoms. The molecular formula is C65H75Cl4I2N29O5. The number of nitrogen functional groups attached to an aromatic ring is 5. The number of carbonyl (C=O) groups is 3. The molecule has 0 aliphatic carbocycles. The van der Waals surface area contributed by atoms with Crippen molar-refractivity contribution in [2.75, 3.05) is 35.8 Å². The molecule has 14 aromatic heterocycles. The van der Waals surface area contributed by atoms with Crippen molar-refractivity contribution < 1.29 is 24.2 Å². The molecule has 1 amide bonds. The van der Waals surface area contributed by atoms with E-state index in [1.54, 1.807) is 78.4 Å². The number of aromatic carboxylic acids is 1. The van der Waals surface area contributed by atoms with E-state index in [4.69, 9.17) is 85.9 Å². The van der Waals surface area contributed by atoms with Crippen molar-refractivity contribution in [2.45, 2.75) is 117 Å². The number of rotatable bonds is 5. The van der Waals surface area contributed by atoms with E-state index in [2.05, 4.69) is 135 Å². The summed E-state index contributed by atoms with van der Waals surface area (Å²) < 4.78 is 17.8. The zero-order chi connectivity index (χ0) is 77.9. The van der Waals surface area contributed by atoms with Crippen molar-refractivity contribution >= 4 is 172 Å². The topological polar surface area (TPSA) is 482 Å². The summed E-state index contributed by atoms with van der Waals surface area (Å²) in [6.45, 7) is 28.6. The second-order valence-electron chi connectivity index (χ2n) is 22.8. The van der Waals surface area contributed by atoms with Gasteiger partial charge in [0.15, 0.2) is 49.5 Å². The average Bonchev–Trinajstić information content (AvgIpc) is 1.65. The van der Waals surface area contributed by atoms with Crippen molar-refractivity contribution in [3.63, 3.8) is 0 Å². The monoisotopic (exact) mass is 1740 g/mol. The summed E-state index contributed by atoms with van der Waals surface area (Å²) >= 11 is 27.6. The van der Waals surface area contributed by atoms with Crippen LogP contribution in [0.15, 0.2) is 55.8 Å². The van der Waals surface area contributed by atoms with Gasteiger partial charge >= 0.3 is 11.9 Å². The zero-order valence-electron chi connectivity index (χ0n) is 59.8. The Morgan fingerprint density at radius 1 is 0.419 bits per heavy atom. The van der Waals surface area contributed by atoms with E-state index < -0.39 is 11.9 Å². The van der Waals surface area contributed by atoms with E-state index in [-0.39, 0.29) is 28.9 Å². The Labute approximate surface area is 647 Å². The molecule has 0 aliphatic rings. The summed E-state index contributed by atoms with van der Waals surface area (Å²) in [6.07, 6.45) is 15.1. The third-order valence-electron chi connectivity index (χ3n) is 15.0. The molecule has 0 saturated heterocycles. The number of nitrogens with zero attached hydrogens (tertiary/aromatic N) is 22. The second-order valence-corrected chi connectivity index (χ2v) is 26.3. The van der Waals surface area contributed by atoms with Gasteiger partial charge in [-0.2, -0.15) is 0 Å². The van der Waals surface area contributed by atoms with Crippen LogP contribution in [-0.4, -0.2) is 136 Å². The van der Waals surface area contributed by atoms with E-state index in [0.717, 1.165) is 92.8 Å². The van der Waals surface area contributed by atoms with Gasteiger partial charge in [-0.25, -0.2) is 79.4 Å². The van der Waals surface area contributed by atoms with Crippen molar-refractivity contribution in [1.82, 2.24) is 111 Å². The van der Waals surface area contributed by atoms with Gasteiger partial charge in [0.2, 0.25) is 5.91 Å². The summed E-state index contributed by atoms with van der Waals surface area (Å²) in [5.41, 5.74) is 46.9. The Morgan fingerprint density at radius 2 is 0.781 bits per heavy atom. The van der Waals surface area contributed by atoms with Crippen LogP contribution < -0.4 is 39.7 Å². The maximum atomic E-state index is 11.5. The second kappa shape index (κ2) is 35.6. The maximum absolute atomic E-state index is 11.5. The van der Waals surface area contributed by atoms with Crippen molar-refractivity contribution in [2.24, 2.45) is 5.73 Å². The number of hydrogen-bond acceptors (Lipinski definition) is 26. The van der Waals surface area contributed by atoms with Gasteiger partial charge in [-0.1, -0.05) is 46.4 Å². The van der Waals surface area contributed by atoms with Crippen molar-refractivity contribution in [3.8, 4) is 0 Å². The highest BCUT2D eigenvalue weighted by Crippen LogP contribution is 2.26. The van der Waals surface area contributed by atoms with E-state index in [0.29, 0.717) is 90.7 Å². The number of nitrogens with two attached hydrogens (primary N) is 6. The predicted molar refractivity (Wildman–Crippen MR) is 420 cm³/mol. The lowest BCUT2D eigenvalue weighted by atomic mass is 10.3. The third-order valence-corrected chi connectivity index (χ3v) is 17.7. The Bertz CT molecular complexity index is 5240. The van der Waals surface area contributed by atoms with E-state index in [1.807, 2.05) is 101 Å². The minimum absolute atomic E-state index is 0.0544. The van der Waals surface area contributed by atoms with Crippen LogP contribution in [0.3, 0.4) is 0 Å². The lowest BCUT2D eigenvalue weighted by Gasteiger charge is -2.03. The fraction of sp³-hybridized carbons (Fsp3) is 0.277. The molecule has 0 aliphatic heterocycles. The van der Waals surface area contributed by atoms with Gasteiger partial charge in [-0.3, -0.25) is 41.2 Å². The highest BCUT2D eigenvalue weighted by Gasteiger charge is 2.22. The highest BCUT2D eigenvalue weighted by molar-refractivity contribution is 14.1. The molecule has 0 atom stereocenters. The number of ether oxygens (including phenoxy) is 1. The fourth-order valence-electron chi connectivity index (χ4n) is 10.5. The first kappa shape index (κ1) is 82.2. The molecular weight excluding hydrogens is 1660 g/mol. The van der Waals surface area contributed by atoms with E-state index >= 15 is 0 Å². The molecule has 34 nitrogen and oxygen atoms in total. The standard InChI is InChI=1S/C10H12N4O2.C9H10N4O2.C8H7ClIN3.C8H10ClN3O.C8H8ClN3.C8H9IN4.C8H11N5.C6H8ClN3/c1-5-4-12-9(11)8-7(10(15)16-3)13-6(2)14(5)8;1-4-3-11-8(10)7-6(9(14)15)12-5(2)13(4)7;1-4-3-11-7(9)6-8(10)12-5(2)13(4)6;1-5-3-11-8(9)7(12-5)4-10-6(2)13;1-5-3-11-8(9)7-4-10-6(2)12(5)7;1-4-3-11-8(10)6-7(9)12-5(2)13(4)6;1-4-3-11-7(9)6-8(10)12-5(2)13(4)6;1-4-3-9-6(7)5(2-8)10-4/h4H,1-3H3,(H2,11,12);3H,1-2H3,(H2,10,11)(H,14,15);3H,1-2H3;3H,4H2,1-2H3,(H,10,13);3-4H,1-2H3;3H,1-2H3,(H2,10,11);3H,10H2,1-2H3,(H2,9,11);3H,2,8H2,1H3. The SMILES string of the molecule is CC(=O)NCc1nc(C)cnc1Cl.COC(=O)c1nc(C)n2c(C)cnc(N)c12.Cc1cnc(Cl)c(CN)n1.Cc1cnc(Cl)c2c(I)nc(C)n12.Cc1cnc(Cl)c2cnc(C)n12.Cc1cnc(N)c2c(C(=O)O)nc(C)n12.Cc1cnc(N)c2c(I)nc(C)n12.Cc1cnc(N)c2c(N)nc(C)n12. The number of imidazole rings is 6. The van der Waals surface area contributed by atoms with Crippen LogP contribution in [0.2, 0.25) is 20.6 Å².